The second-order valence-corrected chi connectivity index (χ2v) is 4.55. The summed E-state index contributed by atoms with van der Waals surface area (Å²) in [6, 6.07) is 0. The van der Waals surface area contributed by atoms with Crippen LogP contribution in [0.15, 0.2) is 0 Å². The molecule has 0 amide bonds. The topological polar surface area (TPSA) is 35.5 Å². The van der Waals surface area contributed by atoms with Crippen LogP contribution in [0, 0.1) is 5.41 Å². The van der Waals surface area contributed by atoms with Crippen LogP contribution in [0.2, 0.25) is 0 Å². The molecule has 3 heteroatoms. The fourth-order valence-electron chi connectivity index (χ4n) is 1.24. The Kier molecular flexibility index (Phi) is 2.96. The predicted octanol–water partition coefficient (Wildman–Crippen LogP) is 2.10. The standard InChI is InChI=1S/C10H18O3/c1-5-6-7-8(11)13-9(12-7)10(2,3)4/h7,9H,5-6H2,1-4H3/t7-,9-/m1/s1. The molecule has 0 aromatic carbocycles. The summed E-state index contributed by atoms with van der Waals surface area (Å²) in [5.41, 5.74) is -0.127. The molecule has 0 radical (unpaired) electrons. The van der Waals surface area contributed by atoms with Gasteiger partial charge in [0.2, 0.25) is 6.29 Å². The molecule has 1 aliphatic heterocycles. The van der Waals surface area contributed by atoms with Crippen molar-refractivity contribution < 1.29 is 14.3 Å². The van der Waals surface area contributed by atoms with E-state index in [9.17, 15) is 4.79 Å². The Morgan fingerprint density at radius 2 is 2.00 bits per heavy atom. The van der Waals surface area contributed by atoms with Crippen LogP contribution >= 0.6 is 0 Å². The average molecular weight is 186 g/mol. The van der Waals surface area contributed by atoms with Gasteiger partial charge in [-0.05, 0) is 6.42 Å². The lowest BCUT2D eigenvalue weighted by molar-refractivity contribution is -0.154. The molecule has 1 heterocycles. The van der Waals surface area contributed by atoms with Gasteiger partial charge in [0.1, 0.15) is 0 Å². The smallest absolute Gasteiger partial charge is 0.337 e. The van der Waals surface area contributed by atoms with Crippen LogP contribution in [-0.2, 0) is 14.3 Å². The van der Waals surface area contributed by atoms with Crippen LogP contribution < -0.4 is 0 Å². The minimum absolute atomic E-state index is 0.127. The molecule has 3 nitrogen and oxygen atoms in total. The largest absolute Gasteiger partial charge is 0.433 e. The van der Waals surface area contributed by atoms with Crippen molar-refractivity contribution in [1.29, 1.82) is 0 Å². The van der Waals surface area contributed by atoms with Gasteiger partial charge >= 0.3 is 5.97 Å². The highest BCUT2D eigenvalue weighted by Crippen LogP contribution is 2.30. The van der Waals surface area contributed by atoms with Crippen molar-refractivity contribution >= 4 is 5.97 Å². The molecule has 0 saturated carbocycles. The normalized spacial score (nSPS) is 29.1. The van der Waals surface area contributed by atoms with Gasteiger partial charge in [0.15, 0.2) is 6.10 Å². The number of hydrogen-bond donors (Lipinski definition) is 0. The van der Waals surface area contributed by atoms with Gasteiger partial charge in [0.05, 0.1) is 0 Å². The van der Waals surface area contributed by atoms with E-state index in [0.29, 0.717) is 0 Å². The van der Waals surface area contributed by atoms with E-state index in [-0.39, 0.29) is 23.8 Å². The SMILES string of the molecule is CCC[C@H]1O[C@@H](C(C)(C)C)OC1=O. The maximum Gasteiger partial charge on any atom is 0.337 e. The van der Waals surface area contributed by atoms with E-state index in [1.807, 2.05) is 27.7 Å². The lowest BCUT2D eigenvalue weighted by atomic mass is 9.96. The molecule has 0 bridgehead atoms. The van der Waals surface area contributed by atoms with Crippen molar-refractivity contribution in [2.75, 3.05) is 0 Å². The van der Waals surface area contributed by atoms with Gasteiger partial charge < -0.3 is 9.47 Å². The Hall–Kier alpha value is -0.570. The highest BCUT2D eigenvalue weighted by atomic mass is 16.8. The molecule has 13 heavy (non-hydrogen) atoms. The number of hydrogen-bond acceptors (Lipinski definition) is 3. The van der Waals surface area contributed by atoms with Crippen LogP contribution in [0.5, 0.6) is 0 Å². The van der Waals surface area contributed by atoms with Gasteiger partial charge in [-0.3, -0.25) is 0 Å². The van der Waals surface area contributed by atoms with E-state index in [1.54, 1.807) is 0 Å². The Labute approximate surface area is 79.4 Å². The first-order valence-corrected chi connectivity index (χ1v) is 4.81. The van der Waals surface area contributed by atoms with E-state index in [0.717, 1.165) is 12.8 Å². The molecule has 0 aromatic rings. The second kappa shape index (κ2) is 3.66. The third-order valence-electron chi connectivity index (χ3n) is 2.03. The summed E-state index contributed by atoms with van der Waals surface area (Å²) in [7, 11) is 0. The summed E-state index contributed by atoms with van der Waals surface area (Å²) in [5, 5.41) is 0. The number of esters is 1. The zero-order valence-corrected chi connectivity index (χ0v) is 8.79. The summed E-state index contributed by atoms with van der Waals surface area (Å²) in [6.07, 6.45) is 0.980. The van der Waals surface area contributed by atoms with Gasteiger partial charge in [0, 0.05) is 5.41 Å². The van der Waals surface area contributed by atoms with Gasteiger partial charge in [0.25, 0.3) is 0 Å². The third kappa shape index (κ3) is 2.44. The summed E-state index contributed by atoms with van der Waals surface area (Å²) >= 11 is 0. The maximum atomic E-state index is 11.3. The molecule has 0 aliphatic carbocycles. The molecule has 0 aromatic heterocycles. The molecular formula is C10H18O3. The van der Waals surface area contributed by atoms with E-state index in [1.165, 1.54) is 0 Å². The molecule has 1 fully saturated rings. The Morgan fingerprint density at radius 3 is 2.38 bits per heavy atom. The highest BCUT2D eigenvalue weighted by Gasteiger charge is 2.40. The molecule has 0 N–H and O–H groups in total. The monoisotopic (exact) mass is 186 g/mol. The quantitative estimate of drug-likeness (QED) is 0.619. The van der Waals surface area contributed by atoms with E-state index < -0.39 is 0 Å². The van der Waals surface area contributed by atoms with Crippen molar-refractivity contribution in [1.82, 2.24) is 0 Å². The number of rotatable bonds is 2. The molecule has 1 rings (SSSR count). The summed E-state index contributed by atoms with van der Waals surface area (Å²) in [6.45, 7) is 8.03. The van der Waals surface area contributed by atoms with Crippen LogP contribution in [0.25, 0.3) is 0 Å². The first-order chi connectivity index (χ1) is 5.95. The first kappa shape index (κ1) is 10.5. The summed E-state index contributed by atoms with van der Waals surface area (Å²) < 4.78 is 10.6. The van der Waals surface area contributed by atoms with E-state index in [2.05, 4.69) is 0 Å². The molecule has 1 saturated heterocycles. The zero-order chi connectivity index (χ0) is 10.1. The van der Waals surface area contributed by atoms with Crippen LogP contribution in [0.4, 0.5) is 0 Å². The number of carbonyl (C=O) groups is 1. The highest BCUT2D eigenvalue weighted by molar-refractivity contribution is 5.76. The lowest BCUT2D eigenvalue weighted by Gasteiger charge is -2.23. The zero-order valence-electron chi connectivity index (χ0n) is 8.79. The van der Waals surface area contributed by atoms with Gasteiger partial charge in [-0.15, -0.1) is 0 Å². The van der Waals surface area contributed by atoms with Crippen LogP contribution in [0.1, 0.15) is 40.5 Å². The van der Waals surface area contributed by atoms with E-state index in [4.69, 9.17) is 9.47 Å². The predicted molar refractivity (Wildman–Crippen MR) is 49.1 cm³/mol. The molecule has 2 atom stereocenters. The third-order valence-corrected chi connectivity index (χ3v) is 2.03. The second-order valence-electron chi connectivity index (χ2n) is 4.55. The summed E-state index contributed by atoms with van der Waals surface area (Å²) in [5.74, 6) is -0.207. The molecule has 0 unspecified atom stereocenters. The minimum atomic E-state index is -0.378. The fraction of sp³-hybridized carbons (Fsp3) is 0.900. The number of cyclic esters (lactones) is 1. The van der Waals surface area contributed by atoms with Crippen molar-refractivity contribution in [2.45, 2.75) is 52.9 Å². The Bertz CT molecular complexity index is 193. The van der Waals surface area contributed by atoms with Gasteiger partial charge in [-0.25, -0.2) is 4.79 Å². The van der Waals surface area contributed by atoms with Crippen molar-refractivity contribution in [2.24, 2.45) is 5.41 Å². The van der Waals surface area contributed by atoms with Gasteiger partial charge in [-0.2, -0.15) is 0 Å². The molecular weight excluding hydrogens is 168 g/mol. The molecule has 0 spiro atoms. The fourth-order valence-corrected chi connectivity index (χ4v) is 1.24. The maximum absolute atomic E-state index is 11.3. The van der Waals surface area contributed by atoms with Gasteiger partial charge in [-0.1, -0.05) is 34.1 Å². The van der Waals surface area contributed by atoms with Crippen molar-refractivity contribution in [3.8, 4) is 0 Å². The Morgan fingerprint density at radius 1 is 1.38 bits per heavy atom. The number of ether oxygens (including phenoxy) is 2. The van der Waals surface area contributed by atoms with Crippen molar-refractivity contribution in [3.05, 3.63) is 0 Å². The Balaban J connectivity index is 2.55. The number of carbonyl (C=O) groups excluding carboxylic acids is 1. The van der Waals surface area contributed by atoms with Crippen molar-refractivity contribution in [3.63, 3.8) is 0 Å². The lowest BCUT2D eigenvalue weighted by Crippen LogP contribution is -2.27. The first-order valence-electron chi connectivity index (χ1n) is 4.81. The average Bonchev–Trinajstić information content (AvgIpc) is 2.32. The molecule has 1 aliphatic rings. The minimum Gasteiger partial charge on any atom is -0.433 e. The molecule has 76 valence electrons. The van der Waals surface area contributed by atoms with Crippen LogP contribution in [-0.4, -0.2) is 18.4 Å². The summed E-state index contributed by atoms with van der Waals surface area (Å²) in [4.78, 5) is 11.3. The van der Waals surface area contributed by atoms with Crippen LogP contribution in [0.3, 0.4) is 0 Å². The van der Waals surface area contributed by atoms with E-state index >= 15 is 0 Å².